The SMILES string of the molecule is C=C(C)/C=C\C(=C/C)NC(=C)C(=C)c1cc(-c2cncc(CN3CCC3)c2)ccc1C. The molecule has 0 atom stereocenters. The van der Waals surface area contributed by atoms with E-state index in [1.807, 2.05) is 44.5 Å². The van der Waals surface area contributed by atoms with Crippen molar-refractivity contribution in [3.8, 4) is 11.1 Å². The number of nitrogens with one attached hydrogen (secondary N) is 1. The van der Waals surface area contributed by atoms with Crippen LogP contribution in [0.4, 0.5) is 0 Å². The highest BCUT2D eigenvalue weighted by molar-refractivity contribution is 5.81. The summed E-state index contributed by atoms with van der Waals surface area (Å²) in [5.41, 5.74) is 9.40. The van der Waals surface area contributed by atoms with Crippen molar-refractivity contribution in [2.24, 2.45) is 0 Å². The summed E-state index contributed by atoms with van der Waals surface area (Å²) >= 11 is 0. The largest absolute Gasteiger partial charge is 0.356 e. The first kappa shape index (κ1) is 22.5. The minimum atomic E-state index is 0.782. The average molecular weight is 412 g/mol. The zero-order valence-electron chi connectivity index (χ0n) is 19.0. The molecule has 0 aliphatic carbocycles. The predicted molar refractivity (Wildman–Crippen MR) is 133 cm³/mol. The number of pyridine rings is 1. The van der Waals surface area contributed by atoms with Crippen molar-refractivity contribution in [1.82, 2.24) is 15.2 Å². The number of nitrogens with zero attached hydrogens (tertiary/aromatic N) is 2. The van der Waals surface area contributed by atoms with Gasteiger partial charge in [-0.1, -0.05) is 49.6 Å². The first-order chi connectivity index (χ1) is 14.9. The molecule has 0 radical (unpaired) electrons. The molecular weight excluding hydrogens is 378 g/mol. The highest BCUT2D eigenvalue weighted by Gasteiger charge is 2.15. The van der Waals surface area contributed by atoms with Gasteiger partial charge in [-0.15, -0.1) is 0 Å². The molecule has 1 fully saturated rings. The van der Waals surface area contributed by atoms with Crippen LogP contribution in [-0.2, 0) is 6.54 Å². The van der Waals surface area contributed by atoms with Gasteiger partial charge >= 0.3 is 0 Å². The van der Waals surface area contributed by atoms with E-state index in [0.717, 1.165) is 45.8 Å². The van der Waals surface area contributed by atoms with E-state index in [4.69, 9.17) is 0 Å². The zero-order valence-corrected chi connectivity index (χ0v) is 19.0. The van der Waals surface area contributed by atoms with Gasteiger partial charge in [0.25, 0.3) is 0 Å². The van der Waals surface area contributed by atoms with Gasteiger partial charge in [0.05, 0.1) is 0 Å². The smallest absolute Gasteiger partial charge is 0.0384 e. The van der Waals surface area contributed by atoms with E-state index in [-0.39, 0.29) is 0 Å². The fraction of sp³-hybridized carbons (Fsp3) is 0.250. The van der Waals surface area contributed by atoms with Gasteiger partial charge in [-0.2, -0.15) is 0 Å². The topological polar surface area (TPSA) is 28.2 Å². The van der Waals surface area contributed by atoms with Gasteiger partial charge in [-0.05, 0) is 86.3 Å². The Hall–Kier alpha value is -3.17. The predicted octanol–water partition coefficient (Wildman–Crippen LogP) is 6.42. The van der Waals surface area contributed by atoms with Crippen molar-refractivity contribution >= 4 is 5.57 Å². The average Bonchev–Trinajstić information content (AvgIpc) is 2.73. The van der Waals surface area contributed by atoms with Crippen LogP contribution in [0.1, 0.15) is 37.0 Å². The van der Waals surface area contributed by atoms with Crippen LogP contribution in [0.5, 0.6) is 0 Å². The first-order valence-electron chi connectivity index (χ1n) is 10.8. The third-order valence-corrected chi connectivity index (χ3v) is 5.56. The summed E-state index contributed by atoms with van der Waals surface area (Å²) in [6.45, 7) is 21.9. The monoisotopic (exact) mass is 411 g/mol. The molecule has 0 saturated carbocycles. The van der Waals surface area contributed by atoms with Gasteiger partial charge in [0.15, 0.2) is 0 Å². The van der Waals surface area contributed by atoms with Crippen LogP contribution < -0.4 is 5.32 Å². The van der Waals surface area contributed by atoms with Gasteiger partial charge in [-0.25, -0.2) is 0 Å². The molecule has 3 heteroatoms. The summed E-state index contributed by atoms with van der Waals surface area (Å²) in [5, 5.41) is 3.37. The number of benzene rings is 1. The summed E-state index contributed by atoms with van der Waals surface area (Å²) in [4.78, 5) is 6.93. The lowest BCUT2D eigenvalue weighted by Gasteiger charge is -2.30. The maximum absolute atomic E-state index is 4.49. The maximum atomic E-state index is 4.49. The first-order valence-corrected chi connectivity index (χ1v) is 10.8. The van der Waals surface area contributed by atoms with Crippen molar-refractivity contribution in [3.05, 3.63) is 108 Å². The lowest BCUT2D eigenvalue weighted by Crippen LogP contribution is -2.36. The van der Waals surface area contributed by atoms with E-state index in [2.05, 4.69) is 66.1 Å². The molecule has 2 aromatic rings. The van der Waals surface area contributed by atoms with E-state index in [9.17, 15) is 0 Å². The molecule has 3 nitrogen and oxygen atoms in total. The van der Waals surface area contributed by atoms with E-state index in [1.165, 1.54) is 30.6 Å². The summed E-state index contributed by atoms with van der Waals surface area (Å²) in [6.07, 6.45) is 11.2. The van der Waals surface area contributed by atoms with E-state index < -0.39 is 0 Å². The van der Waals surface area contributed by atoms with Crippen LogP contribution in [0.3, 0.4) is 0 Å². The van der Waals surface area contributed by atoms with Gasteiger partial charge in [0.2, 0.25) is 0 Å². The molecule has 31 heavy (non-hydrogen) atoms. The van der Waals surface area contributed by atoms with E-state index in [1.54, 1.807) is 0 Å². The lowest BCUT2D eigenvalue weighted by molar-refractivity contribution is 0.172. The fourth-order valence-electron chi connectivity index (χ4n) is 3.51. The van der Waals surface area contributed by atoms with Crippen molar-refractivity contribution in [2.45, 2.75) is 33.7 Å². The molecule has 1 saturated heterocycles. The van der Waals surface area contributed by atoms with Crippen LogP contribution in [0.2, 0.25) is 0 Å². The van der Waals surface area contributed by atoms with E-state index in [0.29, 0.717) is 0 Å². The third-order valence-electron chi connectivity index (χ3n) is 5.56. The van der Waals surface area contributed by atoms with Gasteiger partial charge in [-0.3, -0.25) is 9.88 Å². The Bertz CT molecular complexity index is 1050. The summed E-state index contributed by atoms with van der Waals surface area (Å²) in [6, 6.07) is 8.73. The quantitative estimate of drug-likeness (QED) is 0.483. The highest BCUT2D eigenvalue weighted by atomic mass is 15.2. The Morgan fingerprint density at radius 1 is 1.10 bits per heavy atom. The van der Waals surface area contributed by atoms with Crippen molar-refractivity contribution < 1.29 is 0 Å². The van der Waals surface area contributed by atoms with Crippen molar-refractivity contribution in [1.29, 1.82) is 0 Å². The van der Waals surface area contributed by atoms with Gasteiger partial charge < -0.3 is 5.32 Å². The number of rotatable bonds is 9. The van der Waals surface area contributed by atoms with E-state index >= 15 is 0 Å². The van der Waals surface area contributed by atoms with Crippen LogP contribution in [0, 0.1) is 6.92 Å². The number of hydrogen-bond donors (Lipinski definition) is 1. The molecule has 1 aromatic carbocycles. The minimum Gasteiger partial charge on any atom is -0.356 e. The second-order valence-electron chi connectivity index (χ2n) is 8.25. The normalized spacial score (nSPS) is 14.4. The Balaban J connectivity index is 1.80. The number of allylic oxidation sites excluding steroid dienone is 5. The molecule has 0 spiro atoms. The highest BCUT2D eigenvalue weighted by Crippen LogP contribution is 2.29. The standard InChI is InChI=1S/C28H33N3/c1-7-27(12-9-20(2)3)30-23(6)22(5)28-16-25(11-10-21(28)4)26-15-24(17-29-18-26)19-31-13-8-14-31/h7,9-12,15-18,30H,2,5-6,8,13-14,19H2,1,3-4H3/b12-9-,27-7+. The molecule has 0 amide bonds. The summed E-state index contributed by atoms with van der Waals surface area (Å²) < 4.78 is 0. The lowest BCUT2D eigenvalue weighted by atomic mass is 9.94. The zero-order chi connectivity index (χ0) is 22.4. The minimum absolute atomic E-state index is 0.782. The molecule has 1 aliphatic heterocycles. The van der Waals surface area contributed by atoms with Crippen LogP contribution in [-0.4, -0.2) is 23.0 Å². The fourth-order valence-corrected chi connectivity index (χ4v) is 3.51. The molecule has 3 rings (SSSR count). The number of aromatic nitrogens is 1. The number of likely N-dealkylation sites (tertiary alicyclic amines) is 1. The molecule has 0 bridgehead atoms. The molecule has 1 aromatic heterocycles. The molecular formula is C28H33N3. The maximum Gasteiger partial charge on any atom is 0.0384 e. The van der Waals surface area contributed by atoms with Gasteiger partial charge in [0.1, 0.15) is 0 Å². The Labute approximate surface area is 187 Å². The number of hydrogen-bond acceptors (Lipinski definition) is 3. The Morgan fingerprint density at radius 3 is 2.52 bits per heavy atom. The Kier molecular flexibility index (Phi) is 7.43. The molecule has 160 valence electrons. The molecule has 1 aliphatic rings. The molecule has 1 N–H and O–H groups in total. The second-order valence-corrected chi connectivity index (χ2v) is 8.25. The molecule has 0 unspecified atom stereocenters. The van der Waals surface area contributed by atoms with Crippen LogP contribution in [0.15, 0.2) is 91.6 Å². The Morgan fingerprint density at radius 2 is 1.87 bits per heavy atom. The van der Waals surface area contributed by atoms with Crippen molar-refractivity contribution in [2.75, 3.05) is 13.1 Å². The summed E-state index contributed by atoms with van der Waals surface area (Å²) in [5.74, 6) is 0. The second kappa shape index (κ2) is 10.2. The van der Waals surface area contributed by atoms with Crippen molar-refractivity contribution in [3.63, 3.8) is 0 Å². The molecule has 2 heterocycles. The van der Waals surface area contributed by atoms with Gasteiger partial charge in [0, 0.05) is 35.9 Å². The number of aryl methyl sites for hydroxylation is 1. The summed E-state index contributed by atoms with van der Waals surface area (Å²) in [7, 11) is 0. The third kappa shape index (κ3) is 5.93. The van der Waals surface area contributed by atoms with Crippen LogP contribution >= 0.6 is 0 Å². The van der Waals surface area contributed by atoms with Crippen LogP contribution in [0.25, 0.3) is 16.7 Å².